The van der Waals surface area contributed by atoms with Crippen LogP contribution in [-0.2, 0) is 16.4 Å². The lowest BCUT2D eigenvalue weighted by Gasteiger charge is -2.11. The number of nitrogens with zero attached hydrogens (tertiary/aromatic N) is 2. The molecular formula is C17H18FN3O3S. The standard InChI is InChI=1S/C17H18FN3O3S/c1-12-3-5-15(24-2)16(9-12)25(22,23)19-8-7-14-11-21-10-13(18)4-6-17(21)20-14/h3-6,9-11,19H,7-8H2,1-2H3. The molecule has 25 heavy (non-hydrogen) atoms. The molecule has 1 N–H and O–H groups in total. The van der Waals surface area contributed by atoms with Crippen molar-refractivity contribution in [3.05, 3.63) is 59.8 Å². The number of aromatic nitrogens is 2. The Morgan fingerprint density at radius 3 is 2.80 bits per heavy atom. The molecule has 3 rings (SSSR count). The molecular weight excluding hydrogens is 345 g/mol. The van der Waals surface area contributed by atoms with Crippen molar-refractivity contribution in [2.24, 2.45) is 0 Å². The molecule has 0 aliphatic rings. The Kier molecular flexibility index (Phi) is 4.73. The van der Waals surface area contributed by atoms with Gasteiger partial charge < -0.3 is 9.14 Å². The minimum absolute atomic E-state index is 0.104. The van der Waals surface area contributed by atoms with E-state index >= 15 is 0 Å². The van der Waals surface area contributed by atoms with Gasteiger partial charge in [0.05, 0.1) is 12.8 Å². The Bertz CT molecular complexity index is 1020. The van der Waals surface area contributed by atoms with Crippen LogP contribution in [0.2, 0.25) is 0 Å². The molecule has 0 spiro atoms. The molecule has 6 nitrogen and oxygen atoms in total. The highest BCUT2D eigenvalue weighted by Gasteiger charge is 2.19. The number of hydrogen-bond donors (Lipinski definition) is 1. The zero-order chi connectivity index (χ0) is 18.0. The highest BCUT2D eigenvalue weighted by molar-refractivity contribution is 7.89. The minimum Gasteiger partial charge on any atom is -0.495 e. The summed E-state index contributed by atoms with van der Waals surface area (Å²) in [6.45, 7) is 1.99. The topological polar surface area (TPSA) is 72.7 Å². The molecule has 0 unspecified atom stereocenters. The fourth-order valence-electron chi connectivity index (χ4n) is 2.52. The van der Waals surface area contributed by atoms with Crippen molar-refractivity contribution < 1.29 is 17.5 Å². The van der Waals surface area contributed by atoms with Crippen LogP contribution in [-0.4, -0.2) is 31.5 Å². The van der Waals surface area contributed by atoms with E-state index in [0.717, 1.165) is 5.56 Å². The maximum atomic E-state index is 13.2. The van der Waals surface area contributed by atoms with Gasteiger partial charge in [-0.3, -0.25) is 0 Å². The van der Waals surface area contributed by atoms with Crippen LogP contribution in [0.1, 0.15) is 11.3 Å². The summed E-state index contributed by atoms with van der Waals surface area (Å²) in [6, 6.07) is 7.88. The second-order valence-electron chi connectivity index (χ2n) is 5.65. The van der Waals surface area contributed by atoms with Crippen molar-refractivity contribution >= 4 is 15.7 Å². The fourth-order valence-corrected chi connectivity index (χ4v) is 3.81. The van der Waals surface area contributed by atoms with Gasteiger partial charge in [-0.15, -0.1) is 0 Å². The van der Waals surface area contributed by atoms with E-state index in [4.69, 9.17) is 4.74 Å². The number of fused-ring (bicyclic) bond motifs is 1. The van der Waals surface area contributed by atoms with Gasteiger partial charge in [-0.25, -0.2) is 22.5 Å². The summed E-state index contributed by atoms with van der Waals surface area (Å²) in [5.41, 5.74) is 2.10. The Balaban J connectivity index is 1.72. The van der Waals surface area contributed by atoms with Crippen molar-refractivity contribution in [3.63, 3.8) is 0 Å². The quantitative estimate of drug-likeness (QED) is 0.729. The predicted molar refractivity (Wildman–Crippen MR) is 91.8 cm³/mol. The number of aryl methyl sites for hydroxylation is 1. The maximum absolute atomic E-state index is 13.2. The largest absolute Gasteiger partial charge is 0.495 e. The Hall–Kier alpha value is -2.45. The molecule has 0 aliphatic heterocycles. The third-order valence-electron chi connectivity index (χ3n) is 3.75. The molecule has 0 bridgehead atoms. The number of benzene rings is 1. The first kappa shape index (κ1) is 17.4. The summed E-state index contributed by atoms with van der Waals surface area (Å²) < 4.78 is 47.5. The molecule has 0 amide bonds. The lowest BCUT2D eigenvalue weighted by Crippen LogP contribution is -2.26. The molecule has 0 atom stereocenters. The van der Waals surface area contributed by atoms with Crippen molar-refractivity contribution in [2.75, 3.05) is 13.7 Å². The van der Waals surface area contributed by atoms with Crippen LogP contribution in [0.5, 0.6) is 5.75 Å². The monoisotopic (exact) mass is 363 g/mol. The van der Waals surface area contributed by atoms with Gasteiger partial charge in [0.25, 0.3) is 0 Å². The number of pyridine rings is 1. The number of sulfonamides is 1. The number of rotatable bonds is 6. The van der Waals surface area contributed by atoms with Gasteiger partial charge in [0.2, 0.25) is 10.0 Å². The van der Waals surface area contributed by atoms with Crippen LogP contribution in [0, 0.1) is 12.7 Å². The van der Waals surface area contributed by atoms with E-state index in [2.05, 4.69) is 9.71 Å². The summed E-state index contributed by atoms with van der Waals surface area (Å²) in [4.78, 5) is 4.43. The van der Waals surface area contributed by atoms with Crippen molar-refractivity contribution in [2.45, 2.75) is 18.2 Å². The van der Waals surface area contributed by atoms with Crippen molar-refractivity contribution in [1.29, 1.82) is 0 Å². The van der Waals surface area contributed by atoms with E-state index in [1.165, 1.54) is 19.4 Å². The van der Waals surface area contributed by atoms with E-state index in [1.807, 2.05) is 6.92 Å². The Morgan fingerprint density at radius 2 is 2.04 bits per heavy atom. The molecule has 0 aliphatic carbocycles. The molecule has 2 aromatic heterocycles. The third-order valence-corrected chi connectivity index (χ3v) is 5.23. The molecule has 0 saturated heterocycles. The van der Waals surface area contributed by atoms with Crippen LogP contribution >= 0.6 is 0 Å². The summed E-state index contributed by atoms with van der Waals surface area (Å²) in [7, 11) is -2.27. The average molecular weight is 363 g/mol. The summed E-state index contributed by atoms with van der Waals surface area (Å²) in [6.07, 6.45) is 3.39. The zero-order valence-corrected chi connectivity index (χ0v) is 14.7. The van der Waals surface area contributed by atoms with E-state index in [0.29, 0.717) is 23.5 Å². The Morgan fingerprint density at radius 1 is 1.24 bits per heavy atom. The summed E-state index contributed by atoms with van der Waals surface area (Å²) in [5.74, 6) is -0.0648. The smallest absolute Gasteiger partial charge is 0.244 e. The molecule has 2 heterocycles. The minimum atomic E-state index is -3.70. The summed E-state index contributed by atoms with van der Waals surface area (Å²) >= 11 is 0. The lowest BCUT2D eigenvalue weighted by atomic mass is 10.2. The zero-order valence-electron chi connectivity index (χ0n) is 13.9. The number of halogens is 1. The van der Waals surface area contributed by atoms with Gasteiger partial charge in [0, 0.05) is 25.4 Å². The second kappa shape index (κ2) is 6.81. The van der Waals surface area contributed by atoms with Gasteiger partial charge in [-0.05, 0) is 36.8 Å². The van der Waals surface area contributed by atoms with Gasteiger partial charge in [0.15, 0.2) is 0 Å². The van der Waals surface area contributed by atoms with Crippen LogP contribution in [0.25, 0.3) is 5.65 Å². The molecule has 8 heteroatoms. The Labute approximate surface area is 145 Å². The molecule has 132 valence electrons. The predicted octanol–water partition coefficient (Wildman–Crippen LogP) is 2.31. The maximum Gasteiger partial charge on any atom is 0.244 e. The van der Waals surface area contributed by atoms with Gasteiger partial charge >= 0.3 is 0 Å². The number of nitrogens with one attached hydrogen (secondary N) is 1. The normalized spacial score (nSPS) is 11.8. The van der Waals surface area contributed by atoms with Crippen LogP contribution < -0.4 is 9.46 Å². The number of methoxy groups -OCH3 is 1. The van der Waals surface area contributed by atoms with Gasteiger partial charge in [-0.2, -0.15) is 0 Å². The molecule has 0 radical (unpaired) electrons. The van der Waals surface area contributed by atoms with Gasteiger partial charge in [0.1, 0.15) is 22.1 Å². The fraction of sp³-hybridized carbons (Fsp3) is 0.235. The van der Waals surface area contributed by atoms with E-state index in [9.17, 15) is 12.8 Å². The van der Waals surface area contributed by atoms with E-state index in [-0.39, 0.29) is 17.3 Å². The highest BCUT2D eigenvalue weighted by Crippen LogP contribution is 2.24. The first-order valence-corrected chi connectivity index (χ1v) is 9.15. The number of imidazole rings is 1. The third kappa shape index (κ3) is 3.80. The second-order valence-corrected chi connectivity index (χ2v) is 7.38. The molecule has 3 aromatic rings. The van der Waals surface area contributed by atoms with Gasteiger partial charge in [-0.1, -0.05) is 6.07 Å². The first-order chi connectivity index (χ1) is 11.9. The van der Waals surface area contributed by atoms with Crippen molar-refractivity contribution in [1.82, 2.24) is 14.1 Å². The molecule has 0 saturated carbocycles. The van der Waals surface area contributed by atoms with E-state index in [1.54, 1.807) is 34.9 Å². The van der Waals surface area contributed by atoms with E-state index < -0.39 is 10.0 Å². The molecule has 0 fully saturated rings. The SMILES string of the molecule is COc1ccc(C)cc1S(=O)(=O)NCCc1cn2cc(F)ccc2n1. The van der Waals surface area contributed by atoms with Crippen LogP contribution in [0.4, 0.5) is 4.39 Å². The lowest BCUT2D eigenvalue weighted by molar-refractivity contribution is 0.402. The average Bonchev–Trinajstić information content (AvgIpc) is 2.96. The highest BCUT2D eigenvalue weighted by atomic mass is 32.2. The number of ether oxygens (including phenoxy) is 1. The van der Waals surface area contributed by atoms with Crippen LogP contribution in [0.3, 0.4) is 0 Å². The van der Waals surface area contributed by atoms with Crippen LogP contribution in [0.15, 0.2) is 47.6 Å². The summed E-state index contributed by atoms with van der Waals surface area (Å²) in [5, 5.41) is 0. The number of hydrogen-bond acceptors (Lipinski definition) is 4. The first-order valence-electron chi connectivity index (χ1n) is 7.66. The van der Waals surface area contributed by atoms with Crippen molar-refractivity contribution in [3.8, 4) is 5.75 Å². The molecule has 1 aromatic carbocycles.